The van der Waals surface area contributed by atoms with Crippen molar-refractivity contribution in [1.29, 1.82) is 0 Å². The molecule has 0 amide bonds. The second kappa shape index (κ2) is 7.14. The molecule has 1 aromatic heterocycles. The maximum Gasteiger partial charge on any atom is 0.233 e. The SMILES string of the molecule is CCOc1ccc(CNC(C)COC)nn1. The van der Waals surface area contributed by atoms with Crippen molar-refractivity contribution in [2.75, 3.05) is 20.3 Å². The van der Waals surface area contributed by atoms with Gasteiger partial charge in [-0.25, -0.2) is 0 Å². The Balaban J connectivity index is 2.37. The van der Waals surface area contributed by atoms with Crippen molar-refractivity contribution in [1.82, 2.24) is 15.5 Å². The van der Waals surface area contributed by atoms with Gasteiger partial charge in [0.05, 0.1) is 18.9 Å². The van der Waals surface area contributed by atoms with Gasteiger partial charge in [-0.05, 0) is 19.9 Å². The van der Waals surface area contributed by atoms with Crippen LogP contribution in [-0.4, -0.2) is 36.6 Å². The Bertz CT molecular complexity index is 290. The molecular weight excluding hydrogens is 206 g/mol. The van der Waals surface area contributed by atoms with E-state index < -0.39 is 0 Å². The van der Waals surface area contributed by atoms with Gasteiger partial charge in [-0.2, -0.15) is 5.10 Å². The summed E-state index contributed by atoms with van der Waals surface area (Å²) >= 11 is 0. The largest absolute Gasteiger partial charge is 0.477 e. The topological polar surface area (TPSA) is 56.3 Å². The molecule has 0 saturated heterocycles. The van der Waals surface area contributed by atoms with E-state index in [0.717, 1.165) is 5.69 Å². The van der Waals surface area contributed by atoms with E-state index in [9.17, 15) is 0 Å². The molecule has 5 nitrogen and oxygen atoms in total. The summed E-state index contributed by atoms with van der Waals surface area (Å²) in [6.45, 7) is 5.96. The Morgan fingerprint density at radius 1 is 1.38 bits per heavy atom. The second-order valence-corrected chi connectivity index (χ2v) is 3.53. The van der Waals surface area contributed by atoms with Crippen molar-refractivity contribution in [3.8, 4) is 5.88 Å². The minimum Gasteiger partial charge on any atom is -0.477 e. The van der Waals surface area contributed by atoms with E-state index in [-0.39, 0.29) is 0 Å². The zero-order valence-electron chi connectivity index (χ0n) is 10.1. The van der Waals surface area contributed by atoms with E-state index in [0.29, 0.717) is 31.7 Å². The fraction of sp³-hybridized carbons (Fsp3) is 0.636. The number of aromatic nitrogens is 2. The second-order valence-electron chi connectivity index (χ2n) is 3.53. The minimum absolute atomic E-state index is 0.304. The van der Waals surface area contributed by atoms with Gasteiger partial charge in [-0.15, -0.1) is 5.10 Å². The quantitative estimate of drug-likeness (QED) is 0.750. The van der Waals surface area contributed by atoms with Gasteiger partial charge in [0.1, 0.15) is 0 Å². The standard InChI is InChI=1S/C11H19N3O2/c1-4-16-11-6-5-10(13-14-11)7-12-9(2)8-15-3/h5-6,9,12H,4,7-8H2,1-3H3. The number of methoxy groups -OCH3 is 1. The van der Waals surface area contributed by atoms with E-state index in [2.05, 4.69) is 22.4 Å². The number of hydrogen-bond donors (Lipinski definition) is 1. The van der Waals surface area contributed by atoms with E-state index in [4.69, 9.17) is 9.47 Å². The molecule has 0 saturated carbocycles. The van der Waals surface area contributed by atoms with Crippen LogP contribution in [-0.2, 0) is 11.3 Å². The van der Waals surface area contributed by atoms with Gasteiger partial charge in [-0.1, -0.05) is 0 Å². The molecule has 0 fully saturated rings. The average molecular weight is 225 g/mol. The highest BCUT2D eigenvalue weighted by Gasteiger charge is 2.02. The van der Waals surface area contributed by atoms with Crippen molar-refractivity contribution < 1.29 is 9.47 Å². The molecule has 0 spiro atoms. The minimum atomic E-state index is 0.304. The molecular formula is C11H19N3O2. The van der Waals surface area contributed by atoms with Gasteiger partial charge < -0.3 is 14.8 Å². The van der Waals surface area contributed by atoms with Crippen LogP contribution >= 0.6 is 0 Å². The van der Waals surface area contributed by atoms with Crippen molar-refractivity contribution in [3.05, 3.63) is 17.8 Å². The van der Waals surface area contributed by atoms with Gasteiger partial charge in [-0.3, -0.25) is 0 Å². The smallest absolute Gasteiger partial charge is 0.233 e. The number of nitrogens with zero attached hydrogens (tertiary/aromatic N) is 2. The molecule has 0 aliphatic rings. The summed E-state index contributed by atoms with van der Waals surface area (Å²) in [6, 6.07) is 4.04. The van der Waals surface area contributed by atoms with Crippen LogP contribution in [0.2, 0.25) is 0 Å². The number of ether oxygens (including phenoxy) is 2. The summed E-state index contributed by atoms with van der Waals surface area (Å²) in [5.41, 5.74) is 0.895. The van der Waals surface area contributed by atoms with E-state index >= 15 is 0 Å². The molecule has 1 atom stereocenters. The molecule has 90 valence electrons. The molecule has 1 heterocycles. The van der Waals surface area contributed by atoms with E-state index in [1.54, 1.807) is 7.11 Å². The molecule has 1 N–H and O–H groups in total. The summed E-state index contributed by atoms with van der Waals surface area (Å²) in [5.74, 6) is 0.566. The first-order chi connectivity index (χ1) is 7.76. The van der Waals surface area contributed by atoms with Crippen LogP contribution in [0.25, 0.3) is 0 Å². The number of hydrogen-bond acceptors (Lipinski definition) is 5. The lowest BCUT2D eigenvalue weighted by molar-refractivity contribution is 0.171. The van der Waals surface area contributed by atoms with E-state index in [1.165, 1.54) is 0 Å². The Labute approximate surface area is 96.2 Å². The predicted octanol–water partition coefficient (Wildman–Crippen LogP) is 1.000. The third-order valence-electron chi connectivity index (χ3n) is 2.04. The maximum absolute atomic E-state index is 5.21. The summed E-state index contributed by atoms with van der Waals surface area (Å²) in [4.78, 5) is 0. The Hall–Kier alpha value is -1.20. The fourth-order valence-electron chi connectivity index (χ4n) is 1.25. The molecule has 0 aliphatic carbocycles. The molecule has 0 bridgehead atoms. The highest BCUT2D eigenvalue weighted by Crippen LogP contribution is 2.04. The van der Waals surface area contributed by atoms with Gasteiger partial charge in [0, 0.05) is 25.8 Å². The van der Waals surface area contributed by atoms with Crippen LogP contribution < -0.4 is 10.1 Å². The molecule has 0 aromatic carbocycles. The summed E-state index contributed by atoms with van der Waals surface area (Å²) < 4.78 is 10.2. The van der Waals surface area contributed by atoms with Crippen LogP contribution in [0.5, 0.6) is 5.88 Å². The average Bonchev–Trinajstić information content (AvgIpc) is 2.29. The van der Waals surface area contributed by atoms with Crippen LogP contribution in [0.4, 0.5) is 0 Å². The molecule has 1 aromatic rings. The first-order valence-electron chi connectivity index (χ1n) is 5.44. The lowest BCUT2D eigenvalue weighted by atomic mass is 10.3. The van der Waals surface area contributed by atoms with Crippen LogP contribution in [0, 0.1) is 0 Å². The summed E-state index contributed by atoms with van der Waals surface area (Å²) in [5, 5.41) is 11.3. The maximum atomic E-state index is 5.21. The van der Waals surface area contributed by atoms with Crippen molar-refractivity contribution in [3.63, 3.8) is 0 Å². The molecule has 1 rings (SSSR count). The summed E-state index contributed by atoms with van der Waals surface area (Å²) in [6.07, 6.45) is 0. The highest BCUT2D eigenvalue weighted by molar-refractivity contribution is 5.11. The molecule has 0 aliphatic heterocycles. The monoisotopic (exact) mass is 225 g/mol. The zero-order valence-corrected chi connectivity index (χ0v) is 10.1. The lowest BCUT2D eigenvalue weighted by Crippen LogP contribution is -2.29. The van der Waals surface area contributed by atoms with Gasteiger partial charge in [0.25, 0.3) is 0 Å². The van der Waals surface area contributed by atoms with Crippen LogP contribution in [0.15, 0.2) is 12.1 Å². The fourth-order valence-corrected chi connectivity index (χ4v) is 1.25. The number of rotatable bonds is 7. The zero-order chi connectivity index (χ0) is 11.8. The Morgan fingerprint density at radius 3 is 2.75 bits per heavy atom. The van der Waals surface area contributed by atoms with Gasteiger partial charge in [0.2, 0.25) is 5.88 Å². The Morgan fingerprint density at radius 2 is 2.19 bits per heavy atom. The number of nitrogens with one attached hydrogen (secondary N) is 1. The van der Waals surface area contributed by atoms with Gasteiger partial charge in [0.15, 0.2) is 0 Å². The highest BCUT2D eigenvalue weighted by atomic mass is 16.5. The third kappa shape index (κ3) is 4.55. The van der Waals surface area contributed by atoms with Gasteiger partial charge >= 0.3 is 0 Å². The van der Waals surface area contributed by atoms with Crippen LogP contribution in [0.3, 0.4) is 0 Å². The summed E-state index contributed by atoms with van der Waals surface area (Å²) in [7, 11) is 1.69. The van der Waals surface area contributed by atoms with Crippen molar-refractivity contribution in [2.45, 2.75) is 26.4 Å². The molecule has 0 radical (unpaired) electrons. The van der Waals surface area contributed by atoms with Crippen molar-refractivity contribution in [2.24, 2.45) is 0 Å². The molecule has 1 unspecified atom stereocenters. The molecule has 16 heavy (non-hydrogen) atoms. The predicted molar refractivity (Wildman–Crippen MR) is 61.4 cm³/mol. The Kier molecular flexibility index (Phi) is 5.74. The van der Waals surface area contributed by atoms with Crippen LogP contribution in [0.1, 0.15) is 19.5 Å². The normalized spacial score (nSPS) is 12.4. The van der Waals surface area contributed by atoms with Crippen molar-refractivity contribution >= 4 is 0 Å². The first kappa shape index (κ1) is 12.9. The molecule has 5 heteroatoms. The first-order valence-corrected chi connectivity index (χ1v) is 5.44. The lowest BCUT2D eigenvalue weighted by Gasteiger charge is -2.11. The third-order valence-corrected chi connectivity index (χ3v) is 2.04. The van der Waals surface area contributed by atoms with E-state index in [1.807, 2.05) is 19.1 Å².